The van der Waals surface area contributed by atoms with Crippen molar-refractivity contribution in [3.63, 3.8) is 0 Å². The van der Waals surface area contributed by atoms with Gasteiger partial charge in [0.15, 0.2) is 0 Å². The molecule has 2 aliphatic heterocycles. The van der Waals surface area contributed by atoms with Gasteiger partial charge in [0, 0.05) is 50.9 Å². The molecule has 1 aromatic heterocycles. The topological polar surface area (TPSA) is 86.7 Å². The summed E-state index contributed by atoms with van der Waals surface area (Å²) in [6.45, 7) is 5.29. The van der Waals surface area contributed by atoms with E-state index in [1.165, 1.54) is 12.6 Å². The zero-order valence-electron chi connectivity index (χ0n) is 17.8. The fourth-order valence-corrected chi connectivity index (χ4v) is 6.25. The average molecular weight is 456 g/mol. The number of hydrogen-bond acceptors (Lipinski definition) is 6. The number of hydrogen-bond donors (Lipinski definition) is 0. The molecule has 0 bridgehead atoms. The predicted octanol–water partition coefficient (Wildman–Crippen LogP) is 1.64. The first-order valence-electron chi connectivity index (χ1n) is 10.6. The first kappa shape index (κ1) is 21.9. The Morgan fingerprint density at radius 2 is 1.77 bits per heavy atom. The first-order valence-corrected chi connectivity index (χ1v) is 12.8. The van der Waals surface area contributed by atoms with E-state index in [4.69, 9.17) is 11.6 Å². The van der Waals surface area contributed by atoms with E-state index in [0.717, 1.165) is 51.9 Å². The van der Waals surface area contributed by atoms with Crippen LogP contribution in [0.1, 0.15) is 41.7 Å². The third-order valence-electron chi connectivity index (χ3n) is 7.28. The van der Waals surface area contributed by atoms with Crippen molar-refractivity contribution in [3.8, 4) is 0 Å². The smallest absolute Gasteiger partial charge is 0.272 e. The molecule has 3 fully saturated rings. The third-order valence-corrected chi connectivity index (χ3v) is 9.01. The van der Waals surface area contributed by atoms with Crippen LogP contribution in [0.25, 0.3) is 0 Å². The summed E-state index contributed by atoms with van der Waals surface area (Å²) in [4.78, 5) is 25.4. The first-order chi connectivity index (χ1) is 14.1. The van der Waals surface area contributed by atoms with Gasteiger partial charge in [-0.3, -0.25) is 9.69 Å². The number of rotatable bonds is 4. The van der Waals surface area contributed by atoms with Gasteiger partial charge in [-0.1, -0.05) is 11.6 Å². The van der Waals surface area contributed by atoms with Gasteiger partial charge in [0.05, 0.1) is 6.26 Å². The summed E-state index contributed by atoms with van der Waals surface area (Å²) >= 11 is 6.04. The van der Waals surface area contributed by atoms with E-state index < -0.39 is 10.0 Å². The van der Waals surface area contributed by atoms with E-state index in [1.807, 2.05) is 4.90 Å². The molecule has 3 atom stereocenters. The van der Waals surface area contributed by atoms with Crippen molar-refractivity contribution in [1.82, 2.24) is 24.1 Å². The summed E-state index contributed by atoms with van der Waals surface area (Å²) in [5, 5.41) is 0.326. The Balaban J connectivity index is 1.30. The second kappa shape index (κ2) is 8.33. The van der Waals surface area contributed by atoms with E-state index in [0.29, 0.717) is 34.3 Å². The number of sulfonamides is 1. The molecule has 166 valence electrons. The molecule has 0 N–H and O–H groups in total. The zero-order chi connectivity index (χ0) is 21.6. The minimum Gasteiger partial charge on any atom is -0.337 e. The van der Waals surface area contributed by atoms with E-state index in [1.54, 1.807) is 18.3 Å². The zero-order valence-corrected chi connectivity index (χ0v) is 19.4. The van der Waals surface area contributed by atoms with Crippen LogP contribution in [0.15, 0.2) is 6.33 Å². The number of halogens is 1. The van der Waals surface area contributed by atoms with Crippen LogP contribution in [0.5, 0.6) is 0 Å². The minimum atomic E-state index is -3.13. The number of piperidine rings is 1. The van der Waals surface area contributed by atoms with Crippen molar-refractivity contribution in [2.75, 3.05) is 39.5 Å². The molecular weight excluding hydrogens is 426 g/mol. The molecule has 3 heterocycles. The second-order valence-electron chi connectivity index (χ2n) is 9.04. The average Bonchev–Trinajstić information content (AvgIpc) is 3.27. The Hall–Kier alpha value is -1.29. The predicted molar refractivity (Wildman–Crippen MR) is 115 cm³/mol. The van der Waals surface area contributed by atoms with Gasteiger partial charge in [0.1, 0.15) is 17.2 Å². The quantitative estimate of drug-likeness (QED) is 0.641. The standard InChI is InChI=1S/C20H30ClN5O3S/c1-13-18(22-12-23-19(13)21)20(27)25-6-4-16(5-7-25)26-10-14-8-17(9-15(14)11-26)24(2)30(3,28)29/h12,14-17H,4-11H2,1-3H3/t14-,15+,17?. The number of carbonyl (C=O) groups is 1. The molecule has 10 heteroatoms. The summed E-state index contributed by atoms with van der Waals surface area (Å²) in [5.74, 6) is 1.08. The lowest BCUT2D eigenvalue weighted by Crippen LogP contribution is -2.47. The molecule has 1 aliphatic carbocycles. The maximum Gasteiger partial charge on any atom is 0.272 e. The highest BCUT2D eigenvalue weighted by Crippen LogP contribution is 2.42. The van der Waals surface area contributed by atoms with Gasteiger partial charge in [-0.05, 0) is 44.4 Å². The molecule has 30 heavy (non-hydrogen) atoms. The van der Waals surface area contributed by atoms with Crippen molar-refractivity contribution in [2.24, 2.45) is 11.8 Å². The maximum absolute atomic E-state index is 12.9. The molecule has 0 radical (unpaired) electrons. The summed E-state index contributed by atoms with van der Waals surface area (Å²) in [6, 6.07) is 0.625. The van der Waals surface area contributed by atoms with Gasteiger partial charge in [0.25, 0.3) is 5.91 Å². The van der Waals surface area contributed by atoms with Crippen molar-refractivity contribution in [1.29, 1.82) is 0 Å². The Morgan fingerprint density at radius 3 is 2.33 bits per heavy atom. The summed E-state index contributed by atoms with van der Waals surface area (Å²) in [5.41, 5.74) is 1.03. The van der Waals surface area contributed by atoms with Crippen LogP contribution in [0.4, 0.5) is 0 Å². The van der Waals surface area contributed by atoms with E-state index in [2.05, 4.69) is 14.9 Å². The molecule has 1 saturated carbocycles. The van der Waals surface area contributed by atoms with Gasteiger partial charge < -0.3 is 4.90 Å². The lowest BCUT2D eigenvalue weighted by atomic mass is 10.0. The van der Waals surface area contributed by atoms with Crippen LogP contribution < -0.4 is 0 Å². The third kappa shape index (κ3) is 4.22. The Morgan fingerprint density at radius 1 is 1.17 bits per heavy atom. The van der Waals surface area contributed by atoms with Crippen LogP contribution in [0.2, 0.25) is 5.15 Å². The fourth-order valence-electron chi connectivity index (χ4n) is 5.40. The molecule has 3 aliphatic rings. The number of carbonyl (C=O) groups excluding carboxylic acids is 1. The molecule has 1 unspecified atom stereocenters. The molecule has 0 aromatic carbocycles. The molecule has 4 rings (SSSR count). The van der Waals surface area contributed by atoms with Crippen LogP contribution in [0.3, 0.4) is 0 Å². The van der Waals surface area contributed by atoms with Crippen molar-refractivity contribution in [2.45, 2.75) is 44.7 Å². The summed E-state index contributed by atoms with van der Waals surface area (Å²) < 4.78 is 25.2. The normalized spacial score (nSPS) is 28.3. The Labute approximate surface area is 183 Å². The molecule has 2 saturated heterocycles. The van der Waals surface area contributed by atoms with Crippen molar-refractivity contribution >= 4 is 27.5 Å². The second-order valence-corrected chi connectivity index (χ2v) is 11.4. The summed E-state index contributed by atoms with van der Waals surface area (Å²) in [7, 11) is -1.42. The lowest BCUT2D eigenvalue weighted by Gasteiger charge is -2.37. The van der Waals surface area contributed by atoms with Crippen LogP contribution in [-0.4, -0.2) is 90.0 Å². The van der Waals surface area contributed by atoms with Gasteiger partial charge in [-0.15, -0.1) is 0 Å². The van der Waals surface area contributed by atoms with E-state index in [-0.39, 0.29) is 11.9 Å². The fraction of sp³-hybridized carbons (Fsp3) is 0.750. The van der Waals surface area contributed by atoms with Crippen molar-refractivity contribution in [3.05, 3.63) is 22.7 Å². The maximum atomic E-state index is 12.9. The number of amides is 1. The van der Waals surface area contributed by atoms with Crippen LogP contribution in [0, 0.1) is 18.8 Å². The molecule has 0 spiro atoms. The highest BCUT2D eigenvalue weighted by atomic mass is 35.5. The largest absolute Gasteiger partial charge is 0.337 e. The van der Waals surface area contributed by atoms with Crippen LogP contribution in [-0.2, 0) is 10.0 Å². The van der Waals surface area contributed by atoms with Gasteiger partial charge in [-0.2, -0.15) is 0 Å². The molecule has 8 nitrogen and oxygen atoms in total. The van der Waals surface area contributed by atoms with Crippen molar-refractivity contribution < 1.29 is 13.2 Å². The van der Waals surface area contributed by atoms with Gasteiger partial charge >= 0.3 is 0 Å². The van der Waals surface area contributed by atoms with E-state index in [9.17, 15) is 13.2 Å². The molecule has 1 amide bonds. The molecule has 1 aromatic rings. The van der Waals surface area contributed by atoms with Gasteiger partial charge in [0.2, 0.25) is 10.0 Å². The monoisotopic (exact) mass is 455 g/mol. The SMILES string of the molecule is Cc1c(Cl)ncnc1C(=O)N1CCC(N2C[C@H]3CC(N(C)S(C)(=O)=O)C[C@H]3C2)CC1. The summed E-state index contributed by atoms with van der Waals surface area (Å²) in [6.07, 6.45) is 6.45. The number of nitrogens with zero attached hydrogens (tertiary/aromatic N) is 5. The minimum absolute atomic E-state index is 0.0693. The lowest BCUT2D eigenvalue weighted by molar-refractivity contribution is 0.0628. The number of fused-ring (bicyclic) bond motifs is 1. The Kier molecular flexibility index (Phi) is 6.09. The number of likely N-dealkylation sites (tertiary alicyclic amines) is 2. The highest BCUT2D eigenvalue weighted by Gasteiger charge is 2.45. The van der Waals surface area contributed by atoms with Gasteiger partial charge in [-0.25, -0.2) is 22.7 Å². The van der Waals surface area contributed by atoms with E-state index >= 15 is 0 Å². The molecular formula is C20H30ClN5O3S. The number of aromatic nitrogens is 2. The Bertz CT molecular complexity index is 905. The highest BCUT2D eigenvalue weighted by molar-refractivity contribution is 7.88. The van der Waals surface area contributed by atoms with Crippen LogP contribution >= 0.6 is 11.6 Å².